The summed E-state index contributed by atoms with van der Waals surface area (Å²) in [4.78, 5) is 4.61. The minimum Gasteiger partial charge on any atom is -0.357 e. The van der Waals surface area contributed by atoms with Gasteiger partial charge in [-0.1, -0.05) is 25.7 Å². The second kappa shape index (κ2) is 10.9. The Morgan fingerprint density at radius 2 is 2.14 bits per heavy atom. The molecule has 126 valence electrons. The standard InChI is InChI=1S/C16H29N5.HI/c1-3-17-16(19-11-15-12-20-21(2)13-15)18-10-6-9-14-7-4-5-8-14;/h12-14H,3-11H2,1-2H3,(H2,17,18,19);1H. The van der Waals surface area contributed by atoms with Crippen molar-refractivity contribution in [1.29, 1.82) is 0 Å². The van der Waals surface area contributed by atoms with Gasteiger partial charge in [-0.25, -0.2) is 4.99 Å². The van der Waals surface area contributed by atoms with Crippen LogP contribution in [0.5, 0.6) is 0 Å². The van der Waals surface area contributed by atoms with Crippen LogP contribution in [0.3, 0.4) is 0 Å². The normalized spacial score (nSPS) is 15.6. The van der Waals surface area contributed by atoms with Crippen LogP contribution in [0.1, 0.15) is 51.0 Å². The van der Waals surface area contributed by atoms with E-state index in [9.17, 15) is 0 Å². The summed E-state index contributed by atoms with van der Waals surface area (Å²) < 4.78 is 1.81. The predicted molar refractivity (Wildman–Crippen MR) is 103 cm³/mol. The van der Waals surface area contributed by atoms with E-state index in [1.54, 1.807) is 0 Å². The summed E-state index contributed by atoms with van der Waals surface area (Å²) >= 11 is 0. The van der Waals surface area contributed by atoms with E-state index in [0.717, 1.165) is 30.5 Å². The van der Waals surface area contributed by atoms with Gasteiger partial charge in [-0.05, 0) is 25.7 Å². The molecule has 1 saturated carbocycles. The van der Waals surface area contributed by atoms with Crippen molar-refractivity contribution in [3.8, 4) is 0 Å². The molecule has 5 nitrogen and oxygen atoms in total. The molecule has 0 bridgehead atoms. The summed E-state index contributed by atoms with van der Waals surface area (Å²) in [5.41, 5.74) is 1.14. The Bertz CT molecular complexity index is 437. The lowest BCUT2D eigenvalue weighted by atomic mass is 10.0. The Labute approximate surface area is 151 Å². The van der Waals surface area contributed by atoms with Crippen LogP contribution in [-0.4, -0.2) is 28.8 Å². The minimum absolute atomic E-state index is 0. The predicted octanol–water partition coefficient (Wildman–Crippen LogP) is 3.06. The molecule has 0 spiro atoms. The maximum Gasteiger partial charge on any atom is 0.191 e. The van der Waals surface area contributed by atoms with Crippen LogP contribution in [-0.2, 0) is 13.6 Å². The molecule has 0 aromatic carbocycles. The molecule has 0 amide bonds. The summed E-state index contributed by atoms with van der Waals surface area (Å²) in [5.74, 6) is 1.88. The van der Waals surface area contributed by atoms with Gasteiger partial charge < -0.3 is 10.6 Å². The Hall–Kier alpha value is -0.790. The first-order chi connectivity index (χ1) is 10.3. The van der Waals surface area contributed by atoms with Crippen LogP contribution >= 0.6 is 24.0 Å². The van der Waals surface area contributed by atoms with E-state index in [1.807, 2.05) is 24.1 Å². The summed E-state index contributed by atoms with van der Waals surface area (Å²) in [6, 6.07) is 0. The molecule has 6 heteroatoms. The molecule has 0 unspecified atom stereocenters. The van der Waals surface area contributed by atoms with Gasteiger partial charge in [0.1, 0.15) is 0 Å². The summed E-state index contributed by atoms with van der Waals surface area (Å²) in [5, 5.41) is 10.9. The number of guanidine groups is 1. The smallest absolute Gasteiger partial charge is 0.191 e. The van der Waals surface area contributed by atoms with Gasteiger partial charge >= 0.3 is 0 Å². The van der Waals surface area contributed by atoms with Gasteiger partial charge in [-0.2, -0.15) is 5.10 Å². The molecule has 2 rings (SSSR count). The van der Waals surface area contributed by atoms with Crippen LogP contribution in [0, 0.1) is 5.92 Å². The number of aliphatic imine (C=N–C) groups is 1. The molecule has 1 aromatic rings. The fourth-order valence-electron chi connectivity index (χ4n) is 2.96. The number of halogens is 1. The molecule has 0 atom stereocenters. The van der Waals surface area contributed by atoms with E-state index in [1.165, 1.54) is 38.5 Å². The maximum absolute atomic E-state index is 4.61. The molecular weight excluding hydrogens is 389 g/mol. The van der Waals surface area contributed by atoms with Gasteiger partial charge in [0.25, 0.3) is 0 Å². The lowest BCUT2D eigenvalue weighted by molar-refractivity contribution is 0.481. The topological polar surface area (TPSA) is 54.2 Å². The Morgan fingerprint density at radius 3 is 2.77 bits per heavy atom. The second-order valence-corrected chi connectivity index (χ2v) is 5.94. The lowest BCUT2D eigenvalue weighted by Gasteiger charge is -2.12. The first kappa shape index (κ1) is 19.3. The fourth-order valence-corrected chi connectivity index (χ4v) is 2.96. The van der Waals surface area contributed by atoms with Crippen LogP contribution in [0.25, 0.3) is 0 Å². The van der Waals surface area contributed by atoms with Gasteiger partial charge in [0, 0.05) is 31.9 Å². The number of nitrogens with zero attached hydrogens (tertiary/aromatic N) is 3. The van der Waals surface area contributed by atoms with Crippen molar-refractivity contribution in [2.45, 2.75) is 52.0 Å². The molecule has 2 N–H and O–H groups in total. The molecule has 22 heavy (non-hydrogen) atoms. The maximum atomic E-state index is 4.61. The van der Waals surface area contributed by atoms with Crippen molar-refractivity contribution in [1.82, 2.24) is 20.4 Å². The van der Waals surface area contributed by atoms with Gasteiger partial charge in [0.2, 0.25) is 0 Å². The summed E-state index contributed by atoms with van der Waals surface area (Å²) in [6.45, 7) is 4.67. The van der Waals surface area contributed by atoms with E-state index in [-0.39, 0.29) is 24.0 Å². The number of hydrogen-bond donors (Lipinski definition) is 2. The number of nitrogens with one attached hydrogen (secondary N) is 2. The van der Waals surface area contributed by atoms with Crippen LogP contribution < -0.4 is 10.6 Å². The van der Waals surface area contributed by atoms with Gasteiger partial charge in [-0.15, -0.1) is 24.0 Å². The van der Waals surface area contributed by atoms with Crippen molar-refractivity contribution in [2.75, 3.05) is 13.1 Å². The largest absolute Gasteiger partial charge is 0.357 e. The third-order valence-corrected chi connectivity index (χ3v) is 4.08. The molecule has 1 aromatic heterocycles. The third-order valence-electron chi connectivity index (χ3n) is 4.08. The molecule has 0 radical (unpaired) electrons. The lowest BCUT2D eigenvalue weighted by Crippen LogP contribution is -2.37. The van der Waals surface area contributed by atoms with E-state index >= 15 is 0 Å². The van der Waals surface area contributed by atoms with Crippen LogP contribution in [0.4, 0.5) is 0 Å². The zero-order valence-electron chi connectivity index (χ0n) is 13.8. The fraction of sp³-hybridized carbons (Fsp3) is 0.750. The van der Waals surface area contributed by atoms with E-state index in [4.69, 9.17) is 0 Å². The Balaban J connectivity index is 0.00000242. The molecule has 1 aliphatic carbocycles. The van der Waals surface area contributed by atoms with Crippen molar-refractivity contribution in [3.05, 3.63) is 18.0 Å². The summed E-state index contributed by atoms with van der Waals surface area (Å²) in [6.07, 6.45) is 12.2. The number of rotatable bonds is 7. The molecule has 1 aliphatic rings. The average molecular weight is 419 g/mol. The van der Waals surface area contributed by atoms with Crippen molar-refractivity contribution in [2.24, 2.45) is 18.0 Å². The third kappa shape index (κ3) is 6.98. The molecule has 0 aliphatic heterocycles. The SMILES string of the molecule is CCNC(=NCc1cnn(C)c1)NCCCC1CCCC1.I. The van der Waals surface area contributed by atoms with E-state index in [2.05, 4.69) is 27.6 Å². The number of aryl methyl sites for hydroxylation is 1. The molecule has 0 saturated heterocycles. The average Bonchev–Trinajstić information content (AvgIpc) is 3.12. The zero-order chi connectivity index (χ0) is 14.9. The highest BCUT2D eigenvalue weighted by molar-refractivity contribution is 14.0. The Kier molecular flexibility index (Phi) is 9.50. The zero-order valence-corrected chi connectivity index (χ0v) is 16.2. The van der Waals surface area contributed by atoms with Gasteiger partial charge in [-0.3, -0.25) is 4.68 Å². The first-order valence-electron chi connectivity index (χ1n) is 8.27. The van der Waals surface area contributed by atoms with Crippen molar-refractivity contribution >= 4 is 29.9 Å². The quantitative estimate of drug-likeness (QED) is 0.309. The van der Waals surface area contributed by atoms with Crippen LogP contribution in [0.15, 0.2) is 17.4 Å². The van der Waals surface area contributed by atoms with Crippen LogP contribution in [0.2, 0.25) is 0 Å². The van der Waals surface area contributed by atoms with Crippen molar-refractivity contribution in [3.63, 3.8) is 0 Å². The van der Waals surface area contributed by atoms with Gasteiger partial charge in [0.15, 0.2) is 5.96 Å². The highest BCUT2D eigenvalue weighted by Gasteiger charge is 2.13. The summed E-state index contributed by atoms with van der Waals surface area (Å²) in [7, 11) is 1.93. The molecule has 1 heterocycles. The van der Waals surface area contributed by atoms with E-state index < -0.39 is 0 Å². The van der Waals surface area contributed by atoms with E-state index in [0.29, 0.717) is 6.54 Å². The first-order valence-corrected chi connectivity index (χ1v) is 8.27. The minimum atomic E-state index is 0. The Morgan fingerprint density at radius 1 is 1.36 bits per heavy atom. The second-order valence-electron chi connectivity index (χ2n) is 5.94. The van der Waals surface area contributed by atoms with Gasteiger partial charge in [0.05, 0.1) is 12.7 Å². The highest BCUT2D eigenvalue weighted by Crippen LogP contribution is 2.28. The molecular formula is C16H30IN5. The van der Waals surface area contributed by atoms with Crippen molar-refractivity contribution < 1.29 is 0 Å². The number of aromatic nitrogens is 2. The monoisotopic (exact) mass is 419 g/mol. The molecule has 1 fully saturated rings. The highest BCUT2D eigenvalue weighted by atomic mass is 127. The number of hydrogen-bond acceptors (Lipinski definition) is 2.